The zero-order valence-electron chi connectivity index (χ0n) is 14.6. The molecule has 28 heavy (non-hydrogen) atoms. The van der Waals surface area contributed by atoms with Gasteiger partial charge in [-0.3, -0.25) is 4.79 Å². The lowest BCUT2D eigenvalue weighted by molar-refractivity contribution is 0.0296. The lowest BCUT2D eigenvalue weighted by atomic mass is 10.1. The lowest BCUT2D eigenvalue weighted by Gasteiger charge is -2.27. The minimum absolute atomic E-state index is 0.00922. The molecule has 5 nitrogen and oxygen atoms in total. The number of carbonyl (C=O) groups excluding carboxylic acids is 1. The van der Waals surface area contributed by atoms with Crippen LogP contribution < -0.4 is 4.74 Å². The van der Waals surface area contributed by atoms with Gasteiger partial charge < -0.3 is 14.4 Å². The number of fused-ring (bicyclic) bond motifs is 1. The first-order chi connectivity index (χ1) is 13.5. The van der Waals surface area contributed by atoms with Gasteiger partial charge in [0.05, 0.1) is 23.4 Å². The van der Waals surface area contributed by atoms with Crippen LogP contribution in [0.1, 0.15) is 15.4 Å². The Labute approximate surface area is 168 Å². The van der Waals surface area contributed by atoms with E-state index < -0.39 is 23.1 Å². The monoisotopic (exact) mass is 424 g/mol. The van der Waals surface area contributed by atoms with Crippen LogP contribution >= 0.6 is 22.9 Å². The van der Waals surface area contributed by atoms with Crippen LogP contribution in [0.2, 0.25) is 5.02 Å². The molecule has 146 valence electrons. The average Bonchev–Trinajstić information content (AvgIpc) is 3.10. The van der Waals surface area contributed by atoms with Crippen LogP contribution in [-0.4, -0.2) is 42.1 Å². The molecule has 2 heterocycles. The second-order valence-corrected chi connectivity index (χ2v) is 7.70. The Morgan fingerprint density at radius 2 is 2.04 bits per heavy atom. The standard InChI is InChI=1S/C19H15ClF2N2O3S/c20-11-1-4-15-13(9-11)23-16(28-15)10-27-14-3-2-12(21)17(18(14)22)19(25)24-5-7-26-8-6-24/h1-4,9H,5-8,10H2. The second kappa shape index (κ2) is 7.98. The highest BCUT2D eigenvalue weighted by Crippen LogP contribution is 2.28. The Balaban J connectivity index is 1.55. The molecule has 2 aromatic carbocycles. The molecule has 0 N–H and O–H groups in total. The Kier molecular flexibility index (Phi) is 5.43. The number of thiazole rings is 1. The van der Waals surface area contributed by atoms with Crippen LogP contribution in [-0.2, 0) is 11.3 Å². The van der Waals surface area contributed by atoms with Gasteiger partial charge in [-0.15, -0.1) is 11.3 Å². The van der Waals surface area contributed by atoms with Gasteiger partial charge in [0.25, 0.3) is 5.91 Å². The molecule has 1 amide bonds. The molecule has 1 aromatic heterocycles. The van der Waals surface area contributed by atoms with Crippen molar-refractivity contribution in [2.45, 2.75) is 6.61 Å². The summed E-state index contributed by atoms with van der Waals surface area (Å²) < 4.78 is 40.6. The molecule has 0 aliphatic carbocycles. The molecule has 3 aromatic rings. The largest absolute Gasteiger partial charge is 0.483 e. The number of ether oxygens (including phenoxy) is 2. The first-order valence-corrected chi connectivity index (χ1v) is 9.75. The summed E-state index contributed by atoms with van der Waals surface area (Å²) in [7, 11) is 0. The number of rotatable bonds is 4. The van der Waals surface area contributed by atoms with E-state index in [1.807, 2.05) is 6.07 Å². The third kappa shape index (κ3) is 3.80. The van der Waals surface area contributed by atoms with Crippen molar-refractivity contribution in [1.82, 2.24) is 9.88 Å². The number of hydrogen-bond acceptors (Lipinski definition) is 5. The minimum atomic E-state index is -1.01. The molecular formula is C19H15ClF2N2O3S. The van der Waals surface area contributed by atoms with Crippen LogP contribution in [0.5, 0.6) is 5.75 Å². The molecule has 1 aliphatic rings. The van der Waals surface area contributed by atoms with Gasteiger partial charge in [-0.2, -0.15) is 0 Å². The van der Waals surface area contributed by atoms with Crippen molar-refractivity contribution in [3.05, 3.63) is 57.6 Å². The molecule has 0 radical (unpaired) electrons. The van der Waals surface area contributed by atoms with Gasteiger partial charge in [-0.05, 0) is 30.3 Å². The molecule has 0 unspecified atom stereocenters. The van der Waals surface area contributed by atoms with E-state index in [-0.39, 0.29) is 25.4 Å². The first-order valence-electron chi connectivity index (χ1n) is 8.56. The second-order valence-electron chi connectivity index (χ2n) is 6.15. The van der Waals surface area contributed by atoms with Crippen LogP contribution in [0.4, 0.5) is 8.78 Å². The maximum Gasteiger partial charge on any atom is 0.260 e. The van der Waals surface area contributed by atoms with Gasteiger partial charge in [-0.25, -0.2) is 13.8 Å². The maximum atomic E-state index is 14.8. The van der Waals surface area contributed by atoms with Crippen molar-refractivity contribution in [3.63, 3.8) is 0 Å². The van der Waals surface area contributed by atoms with Crippen LogP contribution in [0, 0.1) is 11.6 Å². The van der Waals surface area contributed by atoms with E-state index in [0.29, 0.717) is 23.2 Å². The zero-order valence-corrected chi connectivity index (χ0v) is 16.2. The molecule has 0 atom stereocenters. The van der Waals surface area contributed by atoms with E-state index >= 15 is 0 Å². The molecule has 0 bridgehead atoms. The van der Waals surface area contributed by atoms with Gasteiger partial charge in [0, 0.05) is 18.1 Å². The number of carbonyl (C=O) groups is 1. The van der Waals surface area contributed by atoms with E-state index in [1.165, 1.54) is 22.3 Å². The van der Waals surface area contributed by atoms with Crippen molar-refractivity contribution in [2.24, 2.45) is 0 Å². The Bertz CT molecular complexity index is 1040. The van der Waals surface area contributed by atoms with Gasteiger partial charge in [0.15, 0.2) is 11.6 Å². The number of halogens is 3. The number of hydrogen-bond donors (Lipinski definition) is 0. The number of nitrogens with zero attached hydrogens (tertiary/aromatic N) is 2. The van der Waals surface area contributed by atoms with Crippen LogP contribution in [0.25, 0.3) is 10.2 Å². The summed E-state index contributed by atoms with van der Waals surface area (Å²) in [5.74, 6) is -2.84. The molecule has 1 aliphatic heterocycles. The third-order valence-corrected chi connectivity index (χ3v) is 5.56. The number of aromatic nitrogens is 1. The summed E-state index contributed by atoms with van der Waals surface area (Å²) in [5, 5.41) is 1.18. The van der Waals surface area contributed by atoms with E-state index in [9.17, 15) is 13.6 Å². The Morgan fingerprint density at radius 1 is 1.25 bits per heavy atom. The van der Waals surface area contributed by atoms with Crippen molar-refractivity contribution >= 4 is 39.1 Å². The highest BCUT2D eigenvalue weighted by atomic mass is 35.5. The Hall–Kier alpha value is -2.29. The highest BCUT2D eigenvalue weighted by molar-refractivity contribution is 7.18. The lowest BCUT2D eigenvalue weighted by Crippen LogP contribution is -2.41. The molecule has 9 heteroatoms. The highest BCUT2D eigenvalue weighted by Gasteiger charge is 2.27. The van der Waals surface area contributed by atoms with E-state index in [2.05, 4.69) is 4.98 Å². The predicted molar refractivity (Wildman–Crippen MR) is 102 cm³/mol. The quantitative estimate of drug-likeness (QED) is 0.627. The molecular weight excluding hydrogens is 410 g/mol. The first kappa shape index (κ1) is 19.0. The van der Waals surface area contributed by atoms with Crippen LogP contribution in [0.3, 0.4) is 0 Å². The number of morpholine rings is 1. The molecule has 1 saturated heterocycles. The van der Waals surface area contributed by atoms with Gasteiger partial charge in [0.2, 0.25) is 0 Å². The predicted octanol–water partition coefficient (Wildman–Crippen LogP) is 4.28. The summed E-state index contributed by atoms with van der Waals surface area (Å²) >= 11 is 7.34. The molecule has 4 rings (SSSR count). The van der Waals surface area contributed by atoms with Gasteiger partial charge in [-0.1, -0.05) is 11.6 Å². The van der Waals surface area contributed by atoms with E-state index in [0.717, 1.165) is 16.3 Å². The summed E-state index contributed by atoms with van der Waals surface area (Å²) in [4.78, 5) is 18.3. The van der Waals surface area contributed by atoms with Crippen molar-refractivity contribution < 1.29 is 23.0 Å². The molecule has 0 saturated carbocycles. The smallest absolute Gasteiger partial charge is 0.260 e. The van der Waals surface area contributed by atoms with Gasteiger partial charge in [0.1, 0.15) is 23.0 Å². The topological polar surface area (TPSA) is 51.7 Å². The SMILES string of the molecule is O=C(c1c(F)ccc(OCc2nc3cc(Cl)ccc3s2)c1F)N1CCOCC1. The summed E-state index contributed by atoms with van der Waals surface area (Å²) in [6, 6.07) is 7.54. The van der Waals surface area contributed by atoms with E-state index in [1.54, 1.807) is 12.1 Å². The third-order valence-electron chi connectivity index (χ3n) is 4.31. The molecule has 0 spiro atoms. The fraction of sp³-hybridized carbons (Fsp3) is 0.263. The van der Waals surface area contributed by atoms with Crippen molar-refractivity contribution in [1.29, 1.82) is 0 Å². The zero-order chi connectivity index (χ0) is 19.7. The maximum absolute atomic E-state index is 14.8. The molecule has 1 fully saturated rings. The van der Waals surface area contributed by atoms with E-state index in [4.69, 9.17) is 21.1 Å². The van der Waals surface area contributed by atoms with Crippen molar-refractivity contribution in [3.8, 4) is 5.75 Å². The normalized spacial score (nSPS) is 14.5. The van der Waals surface area contributed by atoms with Gasteiger partial charge >= 0.3 is 0 Å². The fourth-order valence-electron chi connectivity index (χ4n) is 2.91. The van der Waals surface area contributed by atoms with Crippen LogP contribution in [0.15, 0.2) is 30.3 Å². The number of benzene rings is 2. The summed E-state index contributed by atoms with van der Waals surface area (Å²) in [6.07, 6.45) is 0. The summed E-state index contributed by atoms with van der Waals surface area (Å²) in [6.45, 7) is 1.25. The average molecular weight is 425 g/mol. The van der Waals surface area contributed by atoms with Crippen molar-refractivity contribution in [2.75, 3.05) is 26.3 Å². The summed E-state index contributed by atoms with van der Waals surface area (Å²) in [5.41, 5.74) is 0.106. The fourth-order valence-corrected chi connectivity index (χ4v) is 3.94. The minimum Gasteiger partial charge on any atom is -0.483 e. The Morgan fingerprint density at radius 3 is 2.82 bits per heavy atom. The number of amides is 1.